The van der Waals surface area contributed by atoms with E-state index in [0.717, 1.165) is 29.8 Å². The largest absolute Gasteiger partial charge is 0.354 e. The molecule has 5 rings (SSSR count). The molecular formula is C37H57FN10O2S2. The minimum absolute atomic E-state index is 0.500. The van der Waals surface area contributed by atoms with E-state index in [1.54, 1.807) is 24.3 Å². The van der Waals surface area contributed by atoms with E-state index in [2.05, 4.69) is 104 Å². The molecule has 1 aliphatic carbocycles. The van der Waals surface area contributed by atoms with Crippen molar-refractivity contribution in [1.82, 2.24) is 30.0 Å². The Morgan fingerprint density at radius 1 is 0.923 bits per heavy atom. The number of hydrogen-bond acceptors (Lipinski definition) is 11. The molecule has 0 saturated heterocycles. The van der Waals surface area contributed by atoms with Gasteiger partial charge in [0.1, 0.15) is 10.8 Å². The van der Waals surface area contributed by atoms with Gasteiger partial charge in [-0.05, 0) is 114 Å². The number of carbonyl (C=O) groups excluding carboxylic acids is 1. The normalized spacial score (nSPS) is 12.9. The first-order chi connectivity index (χ1) is 25.1. The summed E-state index contributed by atoms with van der Waals surface area (Å²) in [4.78, 5) is 26.5. The molecule has 1 saturated carbocycles. The van der Waals surface area contributed by atoms with Crippen LogP contribution in [0.25, 0.3) is 0 Å². The second-order valence-electron chi connectivity index (χ2n) is 12.3. The summed E-state index contributed by atoms with van der Waals surface area (Å²) in [7, 11) is 1.25. The molecule has 4 N–H and O–H groups in total. The molecule has 2 heterocycles. The van der Waals surface area contributed by atoms with Gasteiger partial charge >= 0.3 is 0 Å². The van der Waals surface area contributed by atoms with Crippen molar-refractivity contribution in [3.8, 4) is 0 Å². The number of nitrogens with one attached hydrogen (secondary N) is 4. The summed E-state index contributed by atoms with van der Waals surface area (Å²) < 4.78 is 24.2. The maximum atomic E-state index is 11.9. The zero-order valence-electron chi connectivity index (χ0n) is 32.0. The summed E-state index contributed by atoms with van der Waals surface area (Å²) in [5, 5.41) is 18.2. The number of alkyl halides is 1. The predicted molar refractivity (Wildman–Crippen MR) is 214 cm³/mol. The fourth-order valence-corrected chi connectivity index (χ4v) is 6.74. The first-order valence-corrected chi connectivity index (χ1v) is 19.7. The summed E-state index contributed by atoms with van der Waals surface area (Å²) in [6.07, 6.45) is 8.58. The third-order valence-electron chi connectivity index (χ3n) is 8.32. The van der Waals surface area contributed by atoms with E-state index < -0.39 is 11.0 Å². The second-order valence-corrected chi connectivity index (χ2v) is 14.7. The van der Waals surface area contributed by atoms with E-state index >= 15 is 0 Å². The van der Waals surface area contributed by atoms with Crippen LogP contribution in [-0.2, 0) is 22.3 Å². The van der Waals surface area contributed by atoms with Crippen molar-refractivity contribution in [1.29, 1.82) is 0 Å². The lowest BCUT2D eigenvalue weighted by Crippen LogP contribution is -2.19. The fraction of sp³-hybridized carbons (Fsp3) is 0.514. The van der Waals surface area contributed by atoms with E-state index in [1.165, 1.54) is 79.6 Å². The number of amides is 1. The van der Waals surface area contributed by atoms with Gasteiger partial charge in [0.25, 0.3) is 0 Å². The van der Waals surface area contributed by atoms with E-state index in [9.17, 15) is 13.4 Å². The van der Waals surface area contributed by atoms with E-state index in [1.807, 2.05) is 13.8 Å². The van der Waals surface area contributed by atoms with Crippen molar-refractivity contribution in [2.75, 3.05) is 54.5 Å². The molecule has 2 aromatic carbocycles. The number of halogens is 1. The van der Waals surface area contributed by atoms with Crippen LogP contribution in [0.2, 0.25) is 0 Å². The molecule has 52 heavy (non-hydrogen) atoms. The van der Waals surface area contributed by atoms with Gasteiger partial charge in [-0.15, -0.1) is 10.2 Å². The number of rotatable bonds is 14. The molecule has 1 atom stereocenters. The summed E-state index contributed by atoms with van der Waals surface area (Å²) >= 11 is 1.34. The molecule has 0 aliphatic heterocycles. The van der Waals surface area contributed by atoms with Crippen LogP contribution in [-0.4, -0.2) is 74.5 Å². The highest BCUT2D eigenvalue weighted by Gasteiger charge is 2.14. The zero-order chi connectivity index (χ0) is 38.3. The van der Waals surface area contributed by atoms with Gasteiger partial charge < -0.3 is 20.9 Å². The Morgan fingerprint density at radius 3 is 2.17 bits per heavy atom. The minimum atomic E-state index is -1.39. The highest BCUT2D eigenvalue weighted by Crippen LogP contribution is 2.24. The number of anilines is 4. The smallest absolute Gasteiger partial charge is 0.228 e. The van der Waals surface area contributed by atoms with Crippen LogP contribution in [0.3, 0.4) is 0 Å². The van der Waals surface area contributed by atoms with Crippen molar-refractivity contribution in [2.45, 2.75) is 91.5 Å². The number of nitrogens with zero attached hydrogens (tertiary/aromatic N) is 6. The zero-order valence-corrected chi connectivity index (χ0v) is 33.6. The number of aryl methyl sites for hydroxylation is 3. The van der Waals surface area contributed by atoms with Crippen molar-refractivity contribution in [3.63, 3.8) is 0 Å². The second kappa shape index (κ2) is 25.0. The first-order valence-electron chi connectivity index (χ1n) is 17.7. The highest BCUT2D eigenvalue weighted by molar-refractivity contribution is 7.86. The van der Waals surface area contributed by atoms with Gasteiger partial charge in [0.05, 0.1) is 12.1 Å². The van der Waals surface area contributed by atoms with Crippen LogP contribution in [0, 0.1) is 33.6 Å². The Kier molecular flexibility index (Phi) is 21.2. The van der Waals surface area contributed by atoms with Gasteiger partial charge in [-0.2, -0.15) is 15.0 Å². The quantitative estimate of drug-likeness (QED) is 0.0936. The minimum Gasteiger partial charge on any atom is -0.354 e. The fourth-order valence-electron chi connectivity index (χ4n) is 5.20. The van der Waals surface area contributed by atoms with Crippen molar-refractivity contribution in [2.24, 2.45) is 5.92 Å². The first kappa shape index (κ1) is 44.1. The Balaban J connectivity index is 0.000000302. The molecule has 1 fully saturated rings. The van der Waals surface area contributed by atoms with E-state index in [-0.39, 0.29) is 0 Å². The predicted octanol–water partition coefficient (Wildman–Crippen LogP) is 7.88. The molecule has 286 valence electrons. The lowest BCUT2D eigenvalue weighted by Gasteiger charge is -2.21. The standard InChI is InChI=1S/C20H29N5.C10H10N4O2S2.C6H15N.CH3F/c1-14-8-7-11-18(15(14)2)13-22-20-24-16(3)23-19(25-20)21-12-17-9-5-4-6-10-17;1-7-12-13-10(17-7)14-18(16)9-4-2-8(3-5-9)11-6-15;1-4-6-7(3)5-2;1-2/h7-8,11,17H,4-6,9-10,12-13H2,1-3H3,(H2,21,22,23,24,25);2-6H,1H3,(H,11,15)(H,13,14);4-6H2,1-3H3;1H3. The summed E-state index contributed by atoms with van der Waals surface area (Å²) in [6.45, 7) is 16.5. The highest BCUT2D eigenvalue weighted by atomic mass is 32.2. The van der Waals surface area contributed by atoms with Gasteiger partial charge in [0, 0.05) is 18.8 Å². The molecule has 0 bridgehead atoms. The molecule has 1 unspecified atom stereocenters. The molecule has 12 nitrogen and oxygen atoms in total. The van der Waals surface area contributed by atoms with Crippen LogP contribution >= 0.6 is 11.3 Å². The van der Waals surface area contributed by atoms with Crippen molar-refractivity contribution < 1.29 is 13.4 Å². The van der Waals surface area contributed by atoms with E-state index in [0.29, 0.717) is 41.2 Å². The Hall–Kier alpha value is -4.08. The molecule has 2 aromatic heterocycles. The SMILES string of the molecule is CCCN(C)CC.CF.Cc1nc(NCc2cccc(C)c2C)nc(NCC2CCCCC2)n1.Cc1nnc(NS(=O)c2ccc(NC=O)cc2)s1. The molecule has 0 spiro atoms. The van der Waals surface area contributed by atoms with Crippen molar-refractivity contribution in [3.05, 3.63) is 70.0 Å². The van der Waals surface area contributed by atoms with Gasteiger partial charge in [0.15, 0.2) is 11.0 Å². The van der Waals surface area contributed by atoms with Gasteiger partial charge in [-0.25, -0.2) is 4.21 Å². The molecule has 1 aliphatic rings. The number of aromatic nitrogens is 5. The Labute approximate surface area is 315 Å². The van der Waals surface area contributed by atoms with Crippen LogP contribution in [0.4, 0.5) is 27.1 Å². The van der Waals surface area contributed by atoms with Crippen LogP contribution < -0.4 is 20.7 Å². The molecule has 15 heteroatoms. The molecule has 1 amide bonds. The number of hydrogen-bond donors (Lipinski definition) is 4. The lowest BCUT2D eigenvalue weighted by molar-refractivity contribution is -0.105. The summed E-state index contributed by atoms with van der Waals surface area (Å²) in [5.41, 5.74) is 4.55. The lowest BCUT2D eigenvalue weighted by atomic mass is 9.89. The Bertz CT molecular complexity index is 1620. The maximum Gasteiger partial charge on any atom is 0.228 e. The molecule has 0 radical (unpaired) electrons. The monoisotopic (exact) mass is 756 g/mol. The Morgan fingerprint density at radius 2 is 1.60 bits per heavy atom. The van der Waals surface area contributed by atoms with Gasteiger partial charge in [-0.1, -0.05) is 62.6 Å². The number of carbonyl (C=O) groups is 1. The van der Waals surface area contributed by atoms with Gasteiger partial charge in [0.2, 0.25) is 23.4 Å². The maximum absolute atomic E-state index is 11.9. The summed E-state index contributed by atoms with van der Waals surface area (Å²) in [5.74, 6) is 2.81. The topological polar surface area (TPSA) is 150 Å². The molecule has 4 aromatic rings. The van der Waals surface area contributed by atoms with Crippen LogP contribution in [0.1, 0.15) is 79.9 Å². The van der Waals surface area contributed by atoms with Crippen LogP contribution in [0.5, 0.6) is 0 Å². The van der Waals surface area contributed by atoms with Crippen LogP contribution in [0.15, 0.2) is 47.4 Å². The van der Waals surface area contributed by atoms with Crippen molar-refractivity contribution >= 4 is 51.4 Å². The average Bonchev–Trinajstić information content (AvgIpc) is 3.57. The number of benzene rings is 2. The average molecular weight is 757 g/mol. The van der Waals surface area contributed by atoms with E-state index in [4.69, 9.17) is 0 Å². The third-order valence-corrected chi connectivity index (χ3v) is 10.3. The third kappa shape index (κ3) is 16.5. The molecular weight excluding hydrogens is 700 g/mol. The van der Waals surface area contributed by atoms with Gasteiger partial charge in [-0.3, -0.25) is 13.9 Å². The summed E-state index contributed by atoms with van der Waals surface area (Å²) in [6, 6.07) is 13.1.